The van der Waals surface area contributed by atoms with Crippen molar-refractivity contribution in [3.05, 3.63) is 24.1 Å². The van der Waals surface area contributed by atoms with Gasteiger partial charge in [-0.05, 0) is 36.5 Å². The van der Waals surface area contributed by atoms with E-state index < -0.39 is 0 Å². The number of aromatic nitrogens is 2. The molecule has 1 atom stereocenters. The summed E-state index contributed by atoms with van der Waals surface area (Å²) in [6.07, 6.45) is 8.83. The van der Waals surface area contributed by atoms with E-state index >= 15 is 0 Å². The van der Waals surface area contributed by atoms with Crippen molar-refractivity contribution >= 4 is 5.91 Å². The van der Waals surface area contributed by atoms with E-state index in [1.165, 1.54) is 32.1 Å². The van der Waals surface area contributed by atoms with Crippen molar-refractivity contribution < 1.29 is 18.7 Å². The highest BCUT2D eigenvalue weighted by Crippen LogP contribution is 2.36. The Bertz CT molecular complexity index is 875. The Labute approximate surface area is 170 Å². The van der Waals surface area contributed by atoms with Crippen LogP contribution in [0.5, 0.6) is 11.5 Å². The van der Waals surface area contributed by atoms with E-state index in [1.807, 2.05) is 23.1 Å². The molecule has 3 heterocycles. The molecule has 2 fully saturated rings. The van der Waals surface area contributed by atoms with Gasteiger partial charge in [0.1, 0.15) is 0 Å². The average molecular weight is 397 g/mol. The van der Waals surface area contributed by atoms with Crippen LogP contribution in [0.25, 0.3) is 11.5 Å². The number of likely N-dealkylation sites (tertiary alicyclic amines) is 1. The predicted octanol–water partition coefficient (Wildman–Crippen LogP) is 3.83. The fourth-order valence-electron chi connectivity index (χ4n) is 4.88. The molecular formula is C22H27N3O4. The summed E-state index contributed by atoms with van der Waals surface area (Å²) in [5.41, 5.74) is 0.786. The number of fused-ring (bicyclic) bond motifs is 1. The standard InChI is InChI=1S/C22H27N3O4/c26-21(25-11-10-17(13-25)15-4-2-1-3-5-15)9-8-20-23-24-22(29-20)16-6-7-18-19(12-16)28-14-27-18/h6-7,12,15,17H,1-5,8-11,13-14H2. The molecule has 1 saturated carbocycles. The molecule has 1 aromatic heterocycles. The second-order valence-electron chi connectivity index (χ2n) is 8.36. The second kappa shape index (κ2) is 8.05. The zero-order valence-corrected chi connectivity index (χ0v) is 16.6. The van der Waals surface area contributed by atoms with Crippen LogP contribution in [0.3, 0.4) is 0 Å². The molecule has 2 aliphatic heterocycles. The van der Waals surface area contributed by atoms with Crippen LogP contribution in [0.15, 0.2) is 22.6 Å². The number of nitrogens with zero attached hydrogens (tertiary/aromatic N) is 3. The van der Waals surface area contributed by atoms with E-state index in [2.05, 4.69) is 10.2 Å². The molecule has 0 N–H and O–H groups in total. The van der Waals surface area contributed by atoms with E-state index in [0.29, 0.717) is 36.3 Å². The molecule has 0 spiro atoms. The number of rotatable bonds is 5. The van der Waals surface area contributed by atoms with E-state index in [0.717, 1.165) is 36.7 Å². The normalized spacial score (nSPS) is 21.7. The Morgan fingerprint density at radius 1 is 1.03 bits per heavy atom. The van der Waals surface area contributed by atoms with Gasteiger partial charge in [0, 0.05) is 31.5 Å². The van der Waals surface area contributed by atoms with Crippen molar-refractivity contribution in [2.24, 2.45) is 11.8 Å². The first-order valence-electron chi connectivity index (χ1n) is 10.8. The minimum atomic E-state index is 0.200. The summed E-state index contributed by atoms with van der Waals surface area (Å²) in [6, 6.07) is 5.53. The number of hydrogen-bond acceptors (Lipinski definition) is 6. The van der Waals surface area contributed by atoms with E-state index in [4.69, 9.17) is 13.9 Å². The highest BCUT2D eigenvalue weighted by Gasteiger charge is 2.32. The van der Waals surface area contributed by atoms with Crippen molar-refractivity contribution in [1.29, 1.82) is 0 Å². The maximum Gasteiger partial charge on any atom is 0.247 e. The Kier molecular flexibility index (Phi) is 5.12. The third-order valence-electron chi connectivity index (χ3n) is 6.53. The number of hydrogen-bond donors (Lipinski definition) is 0. The van der Waals surface area contributed by atoms with Crippen LogP contribution in [0, 0.1) is 11.8 Å². The van der Waals surface area contributed by atoms with Gasteiger partial charge in [-0.25, -0.2) is 0 Å². The molecule has 1 saturated heterocycles. The first-order valence-corrected chi connectivity index (χ1v) is 10.8. The Morgan fingerprint density at radius 3 is 2.79 bits per heavy atom. The first-order chi connectivity index (χ1) is 14.3. The van der Waals surface area contributed by atoms with Gasteiger partial charge in [-0.3, -0.25) is 4.79 Å². The van der Waals surface area contributed by atoms with Crippen molar-refractivity contribution in [2.75, 3.05) is 19.9 Å². The van der Waals surface area contributed by atoms with Crippen LogP contribution in [-0.2, 0) is 11.2 Å². The van der Waals surface area contributed by atoms with Gasteiger partial charge in [0.2, 0.25) is 24.5 Å². The van der Waals surface area contributed by atoms with Crippen LogP contribution in [-0.4, -0.2) is 40.9 Å². The largest absolute Gasteiger partial charge is 0.454 e. The van der Waals surface area contributed by atoms with Crippen molar-refractivity contribution in [3.63, 3.8) is 0 Å². The summed E-state index contributed by atoms with van der Waals surface area (Å²) in [5.74, 6) is 4.04. The number of benzene rings is 1. The van der Waals surface area contributed by atoms with Crippen LogP contribution >= 0.6 is 0 Å². The number of ether oxygens (including phenoxy) is 2. The van der Waals surface area contributed by atoms with Crippen LogP contribution in [0.4, 0.5) is 0 Å². The lowest BCUT2D eigenvalue weighted by Crippen LogP contribution is -2.30. The summed E-state index contributed by atoms with van der Waals surface area (Å²) in [7, 11) is 0. The zero-order valence-electron chi connectivity index (χ0n) is 16.6. The first kappa shape index (κ1) is 18.5. The minimum Gasteiger partial charge on any atom is -0.454 e. The summed E-state index contributed by atoms with van der Waals surface area (Å²) in [4.78, 5) is 14.7. The lowest BCUT2D eigenvalue weighted by Gasteiger charge is -2.27. The fraction of sp³-hybridized carbons (Fsp3) is 0.591. The molecule has 5 rings (SSSR count). The molecule has 7 nitrogen and oxygen atoms in total. The highest BCUT2D eigenvalue weighted by atomic mass is 16.7. The van der Waals surface area contributed by atoms with Crippen molar-refractivity contribution in [1.82, 2.24) is 15.1 Å². The summed E-state index contributed by atoms with van der Waals surface area (Å²) in [6.45, 7) is 2.05. The third-order valence-corrected chi connectivity index (χ3v) is 6.53. The quantitative estimate of drug-likeness (QED) is 0.763. The number of carbonyl (C=O) groups excluding carboxylic acids is 1. The predicted molar refractivity (Wildman–Crippen MR) is 105 cm³/mol. The lowest BCUT2D eigenvalue weighted by atomic mass is 9.80. The maximum atomic E-state index is 12.7. The number of aryl methyl sites for hydroxylation is 1. The van der Waals surface area contributed by atoms with E-state index in [-0.39, 0.29) is 12.7 Å². The molecule has 1 unspecified atom stereocenters. The van der Waals surface area contributed by atoms with Gasteiger partial charge >= 0.3 is 0 Å². The fourth-order valence-corrected chi connectivity index (χ4v) is 4.88. The minimum absolute atomic E-state index is 0.200. The number of carbonyl (C=O) groups is 1. The smallest absolute Gasteiger partial charge is 0.247 e. The Hall–Kier alpha value is -2.57. The van der Waals surface area contributed by atoms with Crippen LogP contribution < -0.4 is 9.47 Å². The van der Waals surface area contributed by atoms with Gasteiger partial charge < -0.3 is 18.8 Å². The Morgan fingerprint density at radius 2 is 1.90 bits per heavy atom. The van der Waals surface area contributed by atoms with Gasteiger partial charge in [-0.15, -0.1) is 10.2 Å². The molecule has 1 aromatic carbocycles. The van der Waals surface area contributed by atoms with Gasteiger partial charge in [0.05, 0.1) is 0 Å². The second-order valence-corrected chi connectivity index (χ2v) is 8.36. The molecule has 1 amide bonds. The van der Waals surface area contributed by atoms with E-state index in [9.17, 15) is 4.79 Å². The highest BCUT2D eigenvalue weighted by molar-refractivity contribution is 5.76. The van der Waals surface area contributed by atoms with Crippen molar-refractivity contribution in [3.8, 4) is 23.0 Å². The third kappa shape index (κ3) is 3.95. The van der Waals surface area contributed by atoms with E-state index in [1.54, 1.807) is 0 Å². The molecule has 2 aromatic rings. The lowest BCUT2D eigenvalue weighted by molar-refractivity contribution is -0.130. The van der Waals surface area contributed by atoms with Gasteiger partial charge in [-0.1, -0.05) is 32.1 Å². The molecular weight excluding hydrogens is 370 g/mol. The van der Waals surface area contributed by atoms with Gasteiger partial charge in [0.15, 0.2) is 11.5 Å². The average Bonchev–Trinajstić information content (AvgIpc) is 3.52. The maximum absolute atomic E-state index is 12.7. The molecule has 29 heavy (non-hydrogen) atoms. The van der Waals surface area contributed by atoms with Gasteiger partial charge in [0.25, 0.3) is 0 Å². The molecule has 3 aliphatic rings. The monoisotopic (exact) mass is 397 g/mol. The number of amides is 1. The van der Waals surface area contributed by atoms with Crippen molar-refractivity contribution in [2.45, 2.75) is 51.4 Å². The topological polar surface area (TPSA) is 77.7 Å². The molecule has 7 heteroatoms. The molecule has 0 bridgehead atoms. The zero-order chi connectivity index (χ0) is 19.6. The molecule has 154 valence electrons. The summed E-state index contributed by atoms with van der Waals surface area (Å²) in [5, 5.41) is 8.24. The van der Waals surface area contributed by atoms with Crippen LogP contribution in [0.1, 0.15) is 50.8 Å². The van der Waals surface area contributed by atoms with Gasteiger partial charge in [-0.2, -0.15) is 0 Å². The summed E-state index contributed by atoms with van der Waals surface area (Å²) >= 11 is 0. The molecule has 1 aliphatic carbocycles. The Balaban J connectivity index is 1.14. The summed E-state index contributed by atoms with van der Waals surface area (Å²) < 4.78 is 16.5. The SMILES string of the molecule is O=C(CCc1nnc(-c2ccc3c(c2)OCO3)o1)N1CCC(C2CCCCC2)C1. The molecule has 0 radical (unpaired) electrons. The van der Waals surface area contributed by atoms with Crippen LogP contribution in [0.2, 0.25) is 0 Å².